The van der Waals surface area contributed by atoms with Gasteiger partial charge >= 0.3 is 5.97 Å². The zero-order valence-corrected chi connectivity index (χ0v) is 13.6. The van der Waals surface area contributed by atoms with Crippen LogP contribution in [0.15, 0.2) is 24.3 Å². The molecule has 0 radical (unpaired) electrons. The minimum Gasteiger partial charge on any atom is -0.481 e. The monoisotopic (exact) mass is 337 g/mol. The van der Waals surface area contributed by atoms with Gasteiger partial charge in [-0.1, -0.05) is 29.8 Å². The molecule has 0 aromatic heterocycles. The molecule has 0 unspecified atom stereocenters. The van der Waals surface area contributed by atoms with E-state index < -0.39 is 17.3 Å². The molecule has 0 bridgehead atoms. The lowest BCUT2D eigenvalue weighted by molar-refractivity contribution is -0.143. The van der Waals surface area contributed by atoms with Crippen LogP contribution in [0.5, 0.6) is 0 Å². The number of hydrogen-bond donors (Lipinski definition) is 1. The summed E-state index contributed by atoms with van der Waals surface area (Å²) in [7, 11) is 0. The number of amides is 1. The van der Waals surface area contributed by atoms with E-state index in [2.05, 4.69) is 0 Å². The van der Waals surface area contributed by atoms with Gasteiger partial charge < -0.3 is 14.7 Å². The summed E-state index contributed by atoms with van der Waals surface area (Å²) in [5, 5.41) is 9.75. The molecule has 0 spiro atoms. The number of carbonyl (C=O) groups excluding carboxylic acids is 1. The van der Waals surface area contributed by atoms with Crippen LogP contribution in [0, 0.1) is 5.92 Å². The Kier molecular flexibility index (Phi) is 4.60. The predicted molar refractivity (Wildman–Crippen MR) is 85.5 cm³/mol. The number of benzene rings is 1. The van der Waals surface area contributed by atoms with E-state index >= 15 is 0 Å². The fourth-order valence-electron chi connectivity index (χ4n) is 3.62. The molecule has 5 nitrogen and oxygen atoms in total. The largest absolute Gasteiger partial charge is 0.481 e. The van der Waals surface area contributed by atoms with Crippen molar-refractivity contribution in [2.75, 3.05) is 26.3 Å². The normalized spacial score (nSPS) is 23.7. The van der Waals surface area contributed by atoms with Crippen LogP contribution in [-0.2, 0) is 19.7 Å². The van der Waals surface area contributed by atoms with Crippen molar-refractivity contribution in [3.63, 3.8) is 0 Å². The molecule has 2 aliphatic rings. The number of rotatable bonds is 3. The molecule has 2 fully saturated rings. The van der Waals surface area contributed by atoms with Crippen LogP contribution in [-0.4, -0.2) is 48.2 Å². The fraction of sp³-hybridized carbons (Fsp3) is 0.529. The molecule has 1 amide bonds. The third kappa shape index (κ3) is 2.95. The van der Waals surface area contributed by atoms with E-state index in [-0.39, 0.29) is 12.5 Å². The first-order chi connectivity index (χ1) is 11.0. The number of likely N-dealkylation sites (tertiary alicyclic amines) is 1. The average molecular weight is 338 g/mol. The minimum atomic E-state index is -0.834. The molecule has 3 rings (SSSR count). The Hall–Kier alpha value is -1.59. The number of carboxylic acids is 1. The smallest absolute Gasteiger partial charge is 0.308 e. The van der Waals surface area contributed by atoms with Gasteiger partial charge in [-0.3, -0.25) is 9.59 Å². The molecule has 1 aromatic carbocycles. The van der Waals surface area contributed by atoms with Gasteiger partial charge in [0.05, 0.1) is 11.3 Å². The van der Waals surface area contributed by atoms with Gasteiger partial charge in [0.15, 0.2) is 0 Å². The fourth-order valence-corrected chi connectivity index (χ4v) is 3.93. The summed E-state index contributed by atoms with van der Waals surface area (Å²) in [5.74, 6) is -1.32. The first kappa shape index (κ1) is 16.3. The first-order valence-corrected chi connectivity index (χ1v) is 8.27. The quantitative estimate of drug-likeness (QED) is 0.919. The second-order valence-corrected chi connectivity index (χ2v) is 6.66. The number of hydrogen-bond acceptors (Lipinski definition) is 3. The Morgan fingerprint density at radius 3 is 2.57 bits per heavy atom. The summed E-state index contributed by atoms with van der Waals surface area (Å²) in [5.41, 5.74) is 0.123. The number of carbonyl (C=O) groups is 2. The van der Waals surface area contributed by atoms with E-state index in [1.807, 2.05) is 18.2 Å². The lowest BCUT2D eigenvalue weighted by Crippen LogP contribution is -2.49. The number of nitrogens with zero attached hydrogens (tertiary/aromatic N) is 1. The Morgan fingerprint density at radius 1 is 1.26 bits per heavy atom. The van der Waals surface area contributed by atoms with Crippen LogP contribution in [0.3, 0.4) is 0 Å². The van der Waals surface area contributed by atoms with E-state index in [1.165, 1.54) is 0 Å². The van der Waals surface area contributed by atoms with E-state index in [0.29, 0.717) is 44.0 Å². The summed E-state index contributed by atoms with van der Waals surface area (Å²) in [6.07, 6.45) is 1.66. The van der Waals surface area contributed by atoms with Crippen molar-refractivity contribution < 1.29 is 19.4 Å². The third-order valence-corrected chi connectivity index (χ3v) is 5.30. The summed E-state index contributed by atoms with van der Waals surface area (Å²) in [4.78, 5) is 26.1. The Labute approximate surface area is 140 Å². The van der Waals surface area contributed by atoms with Crippen LogP contribution < -0.4 is 0 Å². The third-order valence-electron chi connectivity index (χ3n) is 4.97. The number of carboxylic acid groups (broad SMARTS) is 1. The molecule has 2 heterocycles. The van der Waals surface area contributed by atoms with E-state index in [0.717, 1.165) is 5.56 Å². The predicted octanol–water partition coefficient (Wildman–Crippen LogP) is 2.32. The molecular weight excluding hydrogens is 318 g/mol. The van der Waals surface area contributed by atoms with Crippen molar-refractivity contribution in [3.05, 3.63) is 34.9 Å². The van der Waals surface area contributed by atoms with E-state index in [1.54, 1.807) is 11.0 Å². The summed E-state index contributed by atoms with van der Waals surface area (Å²) >= 11 is 6.37. The molecular formula is C17H20ClNO4. The van der Waals surface area contributed by atoms with Gasteiger partial charge in [0.2, 0.25) is 5.91 Å². The Bertz CT molecular complexity index is 612. The molecule has 1 aromatic rings. The van der Waals surface area contributed by atoms with Crippen molar-refractivity contribution >= 4 is 23.5 Å². The van der Waals surface area contributed by atoms with Crippen LogP contribution in [0.1, 0.15) is 24.8 Å². The van der Waals surface area contributed by atoms with E-state index in [9.17, 15) is 9.59 Å². The summed E-state index contributed by atoms with van der Waals surface area (Å²) in [6, 6.07) is 7.43. The molecule has 2 aliphatic heterocycles. The molecule has 1 atom stereocenters. The maximum atomic E-state index is 13.3. The average Bonchev–Trinajstić information content (AvgIpc) is 3.05. The highest BCUT2D eigenvalue weighted by molar-refractivity contribution is 6.31. The highest BCUT2D eigenvalue weighted by atomic mass is 35.5. The Morgan fingerprint density at radius 2 is 1.96 bits per heavy atom. The van der Waals surface area contributed by atoms with Crippen LogP contribution in [0.25, 0.3) is 0 Å². The lowest BCUT2D eigenvalue weighted by Gasteiger charge is -2.39. The van der Waals surface area contributed by atoms with Crippen molar-refractivity contribution in [2.24, 2.45) is 5.92 Å². The summed E-state index contributed by atoms with van der Waals surface area (Å²) in [6.45, 7) is 1.78. The number of halogens is 1. The first-order valence-electron chi connectivity index (χ1n) is 7.89. The molecule has 6 heteroatoms. The standard InChI is InChI=1S/C17H20ClNO4/c18-14-4-2-1-3-13(14)17(6-9-23-10-7-17)16(22)19-8-5-12(11-19)15(20)21/h1-4,12H,5-11H2,(H,20,21)/t12-/m0/s1. The van der Waals surface area contributed by atoms with Crippen molar-refractivity contribution in [1.82, 2.24) is 4.90 Å². The highest BCUT2D eigenvalue weighted by Crippen LogP contribution is 2.41. The molecule has 0 aliphatic carbocycles. The van der Waals surface area contributed by atoms with Gasteiger partial charge in [0, 0.05) is 31.3 Å². The minimum absolute atomic E-state index is 0.0161. The van der Waals surface area contributed by atoms with Gasteiger partial charge in [0.1, 0.15) is 0 Å². The lowest BCUT2D eigenvalue weighted by atomic mass is 9.73. The van der Waals surface area contributed by atoms with Gasteiger partial charge in [-0.05, 0) is 30.9 Å². The zero-order valence-electron chi connectivity index (χ0n) is 12.8. The SMILES string of the molecule is O=C(O)[C@H]1CCN(C(=O)C2(c3ccccc3Cl)CCOCC2)C1. The molecule has 23 heavy (non-hydrogen) atoms. The van der Waals surface area contributed by atoms with Gasteiger partial charge in [-0.2, -0.15) is 0 Å². The van der Waals surface area contributed by atoms with Gasteiger partial charge in [0.25, 0.3) is 0 Å². The highest BCUT2D eigenvalue weighted by Gasteiger charge is 2.47. The van der Waals surface area contributed by atoms with Crippen molar-refractivity contribution in [2.45, 2.75) is 24.7 Å². The second kappa shape index (κ2) is 6.49. The molecule has 1 N–H and O–H groups in total. The summed E-state index contributed by atoms with van der Waals surface area (Å²) < 4.78 is 5.45. The van der Waals surface area contributed by atoms with E-state index in [4.69, 9.17) is 21.4 Å². The molecule has 124 valence electrons. The van der Waals surface area contributed by atoms with Crippen LogP contribution in [0.2, 0.25) is 5.02 Å². The number of aliphatic carboxylic acids is 1. The van der Waals surface area contributed by atoms with Crippen LogP contribution >= 0.6 is 11.6 Å². The number of ether oxygens (including phenoxy) is 1. The van der Waals surface area contributed by atoms with Crippen LogP contribution in [0.4, 0.5) is 0 Å². The van der Waals surface area contributed by atoms with Crippen molar-refractivity contribution in [3.8, 4) is 0 Å². The molecule has 2 saturated heterocycles. The topological polar surface area (TPSA) is 66.8 Å². The zero-order chi connectivity index (χ0) is 16.4. The second-order valence-electron chi connectivity index (χ2n) is 6.25. The Balaban J connectivity index is 1.92. The van der Waals surface area contributed by atoms with Gasteiger partial charge in [-0.15, -0.1) is 0 Å². The van der Waals surface area contributed by atoms with Crippen molar-refractivity contribution in [1.29, 1.82) is 0 Å². The maximum Gasteiger partial charge on any atom is 0.308 e. The maximum absolute atomic E-state index is 13.3. The van der Waals surface area contributed by atoms with Gasteiger partial charge in [-0.25, -0.2) is 0 Å². The molecule has 0 saturated carbocycles.